The number of rotatable bonds is 5. The molecule has 1 aromatic heterocycles. The Morgan fingerprint density at radius 3 is 1.83 bits per heavy atom. The number of thiophene rings is 1. The minimum Gasteiger partial charge on any atom is -0.468 e. The first-order chi connectivity index (χ1) is 13.8. The molecule has 1 aliphatic rings. The Labute approximate surface area is 174 Å². The van der Waals surface area contributed by atoms with Crippen LogP contribution in [-0.2, 0) is 4.74 Å². The summed E-state index contributed by atoms with van der Waals surface area (Å²) in [5.74, 6) is -15.4. The number of alkyl halides is 6. The molecular weight excluding hydrogens is 430 g/mol. The molecule has 1 heterocycles. The lowest BCUT2D eigenvalue weighted by Gasteiger charge is -2.26. The van der Waals surface area contributed by atoms with Gasteiger partial charge in [0.2, 0.25) is 0 Å². The zero-order valence-corrected chi connectivity index (χ0v) is 17.7. The molecule has 9 heteroatoms. The zero-order chi connectivity index (χ0) is 22.6. The summed E-state index contributed by atoms with van der Waals surface area (Å²) in [4.78, 5) is 0.823. The standard InChI is InChI=1S/C21H20F6O2S/c1-10-6-14(29-9-28-5)7-11(2)16(10)18-17(15-8-12(3)30-13(15)4)19(22,23)21(26,27)20(18,24)25/h6-8H,9H2,1-5H3. The summed E-state index contributed by atoms with van der Waals surface area (Å²) in [5.41, 5.74) is -3.05. The van der Waals surface area contributed by atoms with Crippen LogP contribution in [0.4, 0.5) is 26.3 Å². The van der Waals surface area contributed by atoms with E-state index in [1.54, 1.807) is 6.92 Å². The maximum absolute atomic E-state index is 15.0. The number of halogens is 6. The summed E-state index contributed by atoms with van der Waals surface area (Å²) >= 11 is 1.08. The SMILES string of the molecule is COCOc1cc(C)c(C2=C(c3cc(C)sc3C)C(F)(F)C(F)(F)C2(F)F)c(C)c1. The Morgan fingerprint density at radius 1 is 0.833 bits per heavy atom. The molecule has 0 saturated heterocycles. The van der Waals surface area contributed by atoms with Crippen molar-refractivity contribution in [1.29, 1.82) is 0 Å². The van der Waals surface area contributed by atoms with E-state index in [1.807, 2.05) is 0 Å². The van der Waals surface area contributed by atoms with Gasteiger partial charge >= 0.3 is 17.8 Å². The van der Waals surface area contributed by atoms with Crippen molar-refractivity contribution in [3.8, 4) is 5.75 Å². The third kappa shape index (κ3) is 3.13. The molecule has 0 aliphatic heterocycles. The van der Waals surface area contributed by atoms with Gasteiger partial charge in [0.1, 0.15) is 5.75 Å². The minimum atomic E-state index is -5.57. The summed E-state index contributed by atoms with van der Waals surface area (Å²) < 4.78 is 98.6. The van der Waals surface area contributed by atoms with Crippen LogP contribution in [0.3, 0.4) is 0 Å². The van der Waals surface area contributed by atoms with Crippen molar-refractivity contribution in [1.82, 2.24) is 0 Å². The van der Waals surface area contributed by atoms with Crippen molar-refractivity contribution in [2.24, 2.45) is 0 Å². The van der Waals surface area contributed by atoms with Crippen molar-refractivity contribution < 1.29 is 35.8 Å². The van der Waals surface area contributed by atoms with Gasteiger partial charge in [0.15, 0.2) is 6.79 Å². The fourth-order valence-electron chi connectivity index (χ4n) is 3.82. The summed E-state index contributed by atoms with van der Waals surface area (Å²) in [6.45, 7) is 5.71. The third-order valence-corrected chi connectivity index (χ3v) is 6.04. The van der Waals surface area contributed by atoms with Crippen LogP contribution in [0.5, 0.6) is 5.75 Å². The fourth-order valence-corrected chi connectivity index (χ4v) is 4.75. The highest BCUT2D eigenvalue weighted by Gasteiger charge is 2.80. The maximum Gasteiger partial charge on any atom is 0.380 e. The van der Waals surface area contributed by atoms with Gasteiger partial charge in [-0.15, -0.1) is 11.3 Å². The second-order valence-corrected chi connectivity index (χ2v) is 8.74. The van der Waals surface area contributed by atoms with Crippen LogP contribution >= 0.6 is 11.3 Å². The van der Waals surface area contributed by atoms with Crippen molar-refractivity contribution in [3.63, 3.8) is 0 Å². The lowest BCUT2D eigenvalue weighted by atomic mass is 9.89. The number of aryl methyl sites for hydroxylation is 4. The Balaban J connectivity index is 2.38. The largest absolute Gasteiger partial charge is 0.468 e. The lowest BCUT2D eigenvalue weighted by molar-refractivity contribution is -0.254. The van der Waals surface area contributed by atoms with Gasteiger partial charge in [-0.2, -0.15) is 26.3 Å². The highest BCUT2D eigenvalue weighted by atomic mass is 32.1. The predicted octanol–water partition coefficient (Wildman–Crippen LogP) is 6.79. The van der Waals surface area contributed by atoms with Crippen LogP contribution in [0.15, 0.2) is 18.2 Å². The van der Waals surface area contributed by atoms with Crippen LogP contribution in [0.1, 0.15) is 32.0 Å². The molecular formula is C21H20F6O2S. The average molecular weight is 450 g/mol. The van der Waals surface area contributed by atoms with E-state index in [4.69, 9.17) is 9.47 Å². The quantitative estimate of drug-likeness (QED) is 0.369. The summed E-state index contributed by atoms with van der Waals surface area (Å²) in [7, 11) is 1.39. The number of allylic oxidation sites excluding steroid dienone is 2. The van der Waals surface area contributed by atoms with Gasteiger partial charge in [0.25, 0.3) is 0 Å². The van der Waals surface area contributed by atoms with E-state index >= 15 is 0 Å². The average Bonchev–Trinajstić information content (AvgIpc) is 2.99. The molecule has 0 radical (unpaired) electrons. The van der Waals surface area contributed by atoms with E-state index in [1.165, 1.54) is 46.1 Å². The number of ether oxygens (including phenoxy) is 2. The van der Waals surface area contributed by atoms with E-state index < -0.39 is 28.9 Å². The molecule has 1 aromatic carbocycles. The van der Waals surface area contributed by atoms with E-state index in [2.05, 4.69) is 0 Å². The molecule has 0 unspecified atom stereocenters. The summed E-state index contributed by atoms with van der Waals surface area (Å²) in [5, 5.41) is 0. The normalized spacial score (nSPS) is 19.4. The van der Waals surface area contributed by atoms with Gasteiger partial charge in [-0.1, -0.05) is 0 Å². The number of hydrogen-bond donors (Lipinski definition) is 0. The summed E-state index contributed by atoms with van der Waals surface area (Å²) in [6, 6.07) is 3.92. The van der Waals surface area contributed by atoms with Crippen molar-refractivity contribution in [3.05, 3.63) is 50.2 Å². The van der Waals surface area contributed by atoms with Crippen molar-refractivity contribution in [2.75, 3.05) is 13.9 Å². The third-order valence-electron chi connectivity index (χ3n) is 5.08. The highest BCUT2D eigenvalue weighted by molar-refractivity contribution is 7.12. The molecule has 164 valence electrons. The molecule has 2 aromatic rings. The number of hydrogen-bond acceptors (Lipinski definition) is 3. The smallest absolute Gasteiger partial charge is 0.380 e. The number of methoxy groups -OCH3 is 1. The number of benzene rings is 1. The van der Waals surface area contributed by atoms with Gasteiger partial charge in [0, 0.05) is 28.0 Å². The monoisotopic (exact) mass is 450 g/mol. The molecule has 0 bridgehead atoms. The Hall–Kier alpha value is -2.00. The second-order valence-electron chi connectivity index (χ2n) is 7.28. The summed E-state index contributed by atoms with van der Waals surface area (Å²) in [6.07, 6.45) is 0. The van der Waals surface area contributed by atoms with Gasteiger partial charge in [0.05, 0.1) is 0 Å². The maximum atomic E-state index is 15.0. The molecule has 0 amide bonds. The Morgan fingerprint density at radius 2 is 1.37 bits per heavy atom. The highest BCUT2D eigenvalue weighted by Crippen LogP contribution is 2.65. The minimum absolute atomic E-state index is 0.117. The molecule has 0 spiro atoms. The van der Waals surface area contributed by atoms with Crippen LogP contribution in [0.2, 0.25) is 0 Å². The van der Waals surface area contributed by atoms with E-state index in [0.29, 0.717) is 4.88 Å². The van der Waals surface area contributed by atoms with E-state index in [0.717, 1.165) is 11.3 Å². The van der Waals surface area contributed by atoms with Crippen LogP contribution in [-0.4, -0.2) is 31.7 Å². The van der Waals surface area contributed by atoms with Crippen molar-refractivity contribution >= 4 is 22.5 Å². The van der Waals surface area contributed by atoms with E-state index in [9.17, 15) is 26.3 Å². The van der Waals surface area contributed by atoms with Crippen LogP contribution in [0, 0.1) is 27.7 Å². The Kier molecular flexibility index (Phi) is 5.52. The first kappa shape index (κ1) is 22.7. The van der Waals surface area contributed by atoms with Gasteiger partial charge in [-0.25, -0.2) is 0 Å². The molecule has 3 rings (SSSR count). The molecule has 1 aliphatic carbocycles. The topological polar surface area (TPSA) is 18.5 Å². The molecule has 0 atom stereocenters. The predicted molar refractivity (Wildman–Crippen MR) is 104 cm³/mol. The first-order valence-electron chi connectivity index (χ1n) is 8.96. The molecule has 30 heavy (non-hydrogen) atoms. The zero-order valence-electron chi connectivity index (χ0n) is 16.9. The first-order valence-corrected chi connectivity index (χ1v) is 9.78. The molecule has 0 saturated carbocycles. The molecule has 2 nitrogen and oxygen atoms in total. The van der Waals surface area contributed by atoms with Crippen LogP contribution < -0.4 is 4.74 Å². The van der Waals surface area contributed by atoms with Gasteiger partial charge < -0.3 is 9.47 Å². The van der Waals surface area contributed by atoms with Gasteiger partial charge in [-0.05, 0) is 68.1 Å². The fraction of sp³-hybridized carbons (Fsp3) is 0.429. The van der Waals surface area contributed by atoms with E-state index in [-0.39, 0.29) is 39.7 Å². The molecule has 0 N–H and O–H groups in total. The van der Waals surface area contributed by atoms with Crippen LogP contribution in [0.25, 0.3) is 11.1 Å². The molecule has 0 fully saturated rings. The lowest BCUT2D eigenvalue weighted by Crippen LogP contribution is -2.49. The van der Waals surface area contributed by atoms with Gasteiger partial charge in [-0.3, -0.25) is 0 Å². The Bertz CT molecular complexity index is 999. The van der Waals surface area contributed by atoms with Crippen molar-refractivity contribution in [2.45, 2.75) is 45.5 Å². The second kappa shape index (κ2) is 7.30.